The lowest BCUT2D eigenvalue weighted by Gasteiger charge is -2.13. The predicted octanol–water partition coefficient (Wildman–Crippen LogP) is 23.8. The van der Waals surface area contributed by atoms with Crippen molar-refractivity contribution in [2.24, 2.45) is 0 Å². The second-order valence-electron chi connectivity index (χ2n) is 31.2. The molecule has 0 fully saturated rings. The molecule has 0 N–H and O–H groups in total. The molecular weight excluding hydrogens is 1470 g/mol. The zero-order valence-electron chi connectivity index (χ0n) is 70.6. The first-order valence-corrected chi connectivity index (χ1v) is 40.5. The van der Waals surface area contributed by atoms with Crippen molar-refractivity contribution in [3.8, 4) is 124 Å². The number of rotatable bonds is 24. The van der Waals surface area contributed by atoms with Gasteiger partial charge in [-0.15, -0.1) is 10.2 Å². The first kappa shape index (κ1) is 82.7. The van der Waals surface area contributed by atoms with Crippen LogP contribution in [0.15, 0.2) is 262 Å². The topological polar surface area (TPSA) is 183 Å². The van der Waals surface area contributed by atoms with E-state index in [1.807, 2.05) is 283 Å². The van der Waals surface area contributed by atoms with Crippen molar-refractivity contribution in [1.29, 1.82) is 0 Å². The van der Waals surface area contributed by atoms with Crippen LogP contribution in [0.4, 0.5) is 0 Å². The molecule has 19 nitrogen and oxygen atoms in total. The van der Waals surface area contributed by atoms with Crippen LogP contribution >= 0.6 is 0 Å². The highest BCUT2D eigenvalue weighted by atomic mass is 16.5. The van der Waals surface area contributed by atoms with Gasteiger partial charge in [-0.25, -0.2) is 24.3 Å². The lowest BCUT2D eigenvalue weighted by molar-refractivity contribution is 0.242. The van der Waals surface area contributed by atoms with Crippen LogP contribution in [-0.4, -0.2) is 103 Å². The van der Waals surface area contributed by atoms with E-state index in [1.54, 1.807) is 0 Å². The van der Waals surface area contributed by atoms with Crippen LogP contribution in [0.5, 0.6) is 46.0 Å². The number of pyridine rings is 1. The Labute approximate surface area is 691 Å². The van der Waals surface area contributed by atoms with Gasteiger partial charge in [0.15, 0.2) is 0 Å². The lowest BCUT2D eigenvalue weighted by Crippen LogP contribution is -2.05. The number of hydrogen-bond donors (Lipinski definition) is 0. The first-order valence-electron chi connectivity index (χ1n) is 40.5. The van der Waals surface area contributed by atoms with Gasteiger partial charge in [0.2, 0.25) is 5.78 Å². The number of benzene rings is 10. The van der Waals surface area contributed by atoms with Gasteiger partial charge in [0.05, 0.1) is 95.0 Å². The van der Waals surface area contributed by atoms with Crippen molar-refractivity contribution >= 4 is 33.5 Å². The highest BCUT2D eigenvalue weighted by molar-refractivity contribution is 5.86. The van der Waals surface area contributed by atoms with Gasteiger partial charge in [0.25, 0.3) is 0 Å². The quantitative estimate of drug-likeness (QED) is 0.0556. The Morgan fingerprint density at radius 1 is 0.254 bits per heavy atom. The van der Waals surface area contributed by atoms with E-state index < -0.39 is 0 Å². The molecule has 0 aliphatic heterocycles. The fraction of sp³-hybridized carbons (Fsp3) is 0.263. The summed E-state index contributed by atoms with van der Waals surface area (Å²) in [5, 5.41) is 17.4. The predicted molar refractivity (Wildman–Crippen MR) is 474 cm³/mol. The summed E-state index contributed by atoms with van der Waals surface area (Å²) in [6, 6.07) is 77.4. The summed E-state index contributed by atoms with van der Waals surface area (Å²) in [6.07, 6.45) is 11.1. The Hall–Kier alpha value is -13.3. The molecule has 10 aromatic carbocycles. The molecule has 118 heavy (non-hydrogen) atoms. The Balaban J connectivity index is 0.000000136. The SMILES string of the molecule is CC(C)Oc1ccc(-c2ccc3nnn(-c4ccc(OC(C)C)cc4)c3c2)cc1.CC(C)Oc1ccc(-c2cnc3ncc(-c4ccc(OC(C)C)cc4)n3c2)cc1.Cc1cc2ncc(-c3ccc(OC(C)C)cc3)n2cc1-c1ccc(OC(C)C)cc1.Cc1cc2nnn(-c3ccc(OC(C)C)cc3)c2cc1-c1ccc(OC(C)C)cc1. The fourth-order valence-corrected chi connectivity index (χ4v) is 13.5. The zero-order valence-corrected chi connectivity index (χ0v) is 70.6. The number of nitrogens with zero attached hydrogens (tertiary/aromatic N) is 11. The van der Waals surface area contributed by atoms with E-state index in [4.69, 9.17) is 37.9 Å². The second-order valence-corrected chi connectivity index (χ2v) is 31.2. The molecule has 0 bridgehead atoms. The molecule has 6 heterocycles. The summed E-state index contributed by atoms with van der Waals surface area (Å²) in [6.45, 7) is 36.6. The first-order chi connectivity index (χ1) is 56.8. The summed E-state index contributed by atoms with van der Waals surface area (Å²) in [7, 11) is 0. The number of fused-ring (bicyclic) bond motifs is 4. The van der Waals surface area contributed by atoms with Crippen molar-refractivity contribution in [1.82, 2.24) is 53.7 Å². The van der Waals surface area contributed by atoms with Gasteiger partial charge in [0, 0.05) is 40.8 Å². The van der Waals surface area contributed by atoms with Crippen LogP contribution in [0.2, 0.25) is 0 Å². The average Bonchev–Trinajstić information content (AvgIpc) is 1.62. The van der Waals surface area contributed by atoms with E-state index in [9.17, 15) is 0 Å². The van der Waals surface area contributed by atoms with E-state index in [0.29, 0.717) is 5.78 Å². The largest absolute Gasteiger partial charge is 0.491 e. The zero-order chi connectivity index (χ0) is 83.3. The van der Waals surface area contributed by atoms with Gasteiger partial charge in [-0.1, -0.05) is 65.0 Å². The minimum atomic E-state index is 0.144. The van der Waals surface area contributed by atoms with Crippen LogP contribution in [0.1, 0.15) is 122 Å². The molecule has 0 amide bonds. The molecule has 0 atom stereocenters. The third kappa shape index (κ3) is 21.0. The molecule has 19 heteroatoms. The van der Waals surface area contributed by atoms with Gasteiger partial charge >= 0.3 is 0 Å². The Kier molecular flexibility index (Phi) is 26.3. The van der Waals surface area contributed by atoms with Gasteiger partial charge in [-0.3, -0.25) is 8.80 Å². The van der Waals surface area contributed by atoms with Crippen LogP contribution in [0.3, 0.4) is 0 Å². The Morgan fingerprint density at radius 3 is 0.975 bits per heavy atom. The summed E-state index contributed by atoms with van der Waals surface area (Å²) in [5.74, 6) is 7.61. The monoisotopic (exact) mass is 1580 g/mol. The van der Waals surface area contributed by atoms with E-state index in [-0.39, 0.29) is 48.8 Å². The minimum Gasteiger partial charge on any atom is -0.491 e. The molecule has 0 saturated carbocycles. The smallest absolute Gasteiger partial charge is 0.234 e. The molecule has 0 unspecified atom stereocenters. The number of aromatic nitrogens is 11. The highest BCUT2D eigenvalue weighted by Gasteiger charge is 2.18. The summed E-state index contributed by atoms with van der Waals surface area (Å²) >= 11 is 0. The number of aryl methyl sites for hydroxylation is 2. The van der Waals surface area contributed by atoms with Crippen LogP contribution < -0.4 is 37.9 Å². The van der Waals surface area contributed by atoms with Crippen LogP contribution in [0.25, 0.3) is 112 Å². The molecule has 0 spiro atoms. The Bertz CT molecular complexity index is 5580. The molecule has 16 rings (SSSR count). The van der Waals surface area contributed by atoms with Gasteiger partial charge in [0.1, 0.15) is 62.7 Å². The maximum atomic E-state index is 5.78. The summed E-state index contributed by atoms with van der Waals surface area (Å²) in [4.78, 5) is 13.6. The highest BCUT2D eigenvalue weighted by Crippen LogP contribution is 2.36. The van der Waals surface area contributed by atoms with Crippen molar-refractivity contribution in [2.75, 3.05) is 0 Å². The molecule has 6 aromatic heterocycles. The number of ether oxygens (including phenoxy) is 8. The van der Waals surface area contributed by atoms with Gasteiger partial charge in [-0.2, -0.15) is 0 Å². The number of imidazole rings is 2. The normalized spacial score (nSPS) is 11.4. The molecule has 0 aliphatic carbocycles. The second kappa shape index (κ2) is 37.5. The third-order valence-electron chi connectivity index (χ3n) is 18.6. The molecule has 604 valence electrons. The van der Waals surface area contributed by atoms with Crippen molar-refractivity contribution in [3.05, 3.63) is 273 Å². The maximum absolute atomic E-state index is 5.78. The molecule has 0 radical (unpaired) electrons. The van der Waals surface area contributed by atoms with Crippen molar-refractivity contribution in [2.45, 2.75) is 173 Å². The van der Waals surface area contributed by atoms with Crippen LogP contribution in [-0.2, 0) is 0 Å². The van der Waals surface area contributed by atoms with Crippen LogP contribution in [0, 0.1) is 13.8 Å². The Morgan fingerprint density at radius 2 is 0.568 bits per heavy atom. The van der Waals surface area contributed by atoms with Crippen molar-refractivity contribution < 1.29 is 37.9 Å². The third-order valence-corrected chi connectivity index (χ3v) is 18.6. The maximum Gasteiger partial charge on any atom is 0.234 e. The molecule has 16 aromatic rings. The lowest BCUT2D eigenvalue weighted by atomic mass is 9.99. The molecule has 0 saturated heterocycles. The summed E-state index contributed by atoms with van der Waals surface area (Å²) < 4.78 is 53.9. The van der Waals surface area contributed by atoms with Gasteiger partial charge < -0.3 is 37.9 Å². The minimum absolute atomic E-state index is 0.144. The van der Waals surface area contributed by atoms with E-state index in [1.165, 1.54) is 11.1 Å². The van der Waals surface area contributed by atoms with E-state index in [0.717, 1.165) is 152 Å². The average molecular weight is 1580 g/mol. The van der Waals surface area contributed by atoms with E-state index in [2.05, 4.69) is 157 Å². The molecular formula is C99H105N11O8. The van der Waals surface area contributed by atoms with E-state index >= 15 is 0 Å². The number of hydrogen-bond acceptors (Lipinski definition) is 15. The standard InChI is InChI=1S/C26H28N2O2.C25H27N3O2.2C24H25N3O2/c1-17(2)29-22-10-6-20(7-11-22)24-16-28-25(15-27-26(28)14-19(24)5)21-8-12-23(13-9-21)30-18(3)4;1-16(2)29-21-10-6-19(7-11-21)23-15-25-24(14-18(23)5)26-27-28(25)20-8-12-22(13-9-20)30-17(3)4;1-16(2)28-21-10-5-18(6-11-21)19-7-14-23-24(15-19)27(26-25-23)20-8-12-22(13-9-20)29-17(3)4;1-16(2)28-21-9-5-18(6-10-21)20-13-25-24-26-14-23(27(24)15-20)19-7-11-22(12-8-19)29-17(3)4/h6-18H,1-5H3;6-17H,1-5H3;2*5-17H,1-4H3. The molecule has 0 aliphatic rings. The fourth-order valence-electron chi connectivity index (χ4n) is 13.5. The van der Waals surface area contributed by atoms with Gasteiger partial charge in [-0.05, 0) is 345 Å². The summed E-state index contributed by atoms with van der Waals surface area (Å²) in [5.41, 5.74) is 22.0. The van der Waals surface area contributed by atoms with Crippen molar-refractivity contribution in [3.63, 3.8) is 0 Å².